The smallest absolute Gasteiger partial charge is 0.325 e. The Morgan fingerprint density at radius 3 is 2.58 bits per heavy atom. The van der Waals surface area contributed by atoms with Crippen LogP contribution in [0.2, 0.25) is 0 Å². The molecule has 10 heteroatoms. The van der Waals surface area contributed by atoms with Crippen molar-refractivity contribution in [2.24, 2.45) is 4.99 Å². The first-order valence-electron chi connectivity index (χ1n) is 9.31. The number of methoxy groups -OCH3 is 2. The molecule has 31 heavy (non-hydrogen) atoms. The van der Waals surface area contributed by atoms with E-state index in [1.807, 2.05) is 24.3 Å². The van der Waals surface area contributed by atoms with Gasteiger partial charge in [-0.1, -0.05) is 11.3 Å². The lowest BCUT2D eigenvalue weighted by Crippen LogP contribution is -2.22. The molecule has 0 saturated carbocycles. The molecule has 0 fully saturated rings. The van der Waals surface area contributed by atoms with Gasteiger partial charge in [-0.15, -0.1) is 11.8 Å². The highest BCUT2D eigenvalue weighted by Crippen LogP contribution is 2.23. The van der Waals surface area contributed by atoms with Crippen molar-refractivity contribution < 1.29 is 27.8 Å². The second-order valence-electron chi connectivity index (χ2n) is 6.41. The van der Waals surface area contributed by atoms with E-state index in [1.165, 1.54) is 11.7 Å². The number of rotatable bonds is 8. The van der Waals surface area contributed by atoms with Crippen molar-refractivity contribution in [1.29, 1.82) is 0 Å². The highest BCUT2D eigenvalue weighted by Gasteiger charge is 2.16. The van der Waals surface area contributed by atoms with Gasteiger partial charge in [-0.05, 0) is 42.5 Å². The zero-order valence-corrected chi connectivity index (χ0v) is 18.5. The van der Waals surface area contributed by atoms with E-state index in [0.717, 1.165) is 34.1 Å². The molecule has 0 aliphatic heterocycles. The van der Waals surface area contributed by atoms with Crippen LogP contribution >= 0.6 is 23.1 Å². The number of hydrogen-bond donors (Lipinski definition) is 0. The highest BCUT2D eigenvalue weighted by atomic mass is 32.2. The normalized spacial score (nSPS) is 11.7. The Hall–Kier alpha value is -2.72. The van der Waals surface area contributed by atoms with Gasteiger partial charge in [0.05, 0.1) is 24.4 Å². The lowest BCUT2D eigenvalue weighted by atomic mass is 10.3. The summed E-state index contributed by atoms with van der Waals surface area (Å²) in [7, 11) is 2.81. The Morgan fingerprint density at radius 1 is 1.16 bits per heavy atom. The zero-order chi connectivity index (χ0) is 22.4. The van der Waals surface area contributed by atoms with Gasteiger partial charge in [-0.3, -0.25) is 9.59 Å². The number of benzene rings is 2. The number of hydrogen-bond acceptors (Lipinski definition) is 6. The van der Waals surface area contributed by atoms with E-state index in [0.29, 0.717) is 12.2 Å². The lowest BCUT2D eigenvalue weighted by Gasteiger charge is -2.04. The summed E-state index contributed by atoms with van der Waals surface area (Å²) >= 11 is 2.55. The van der Waals surface area contributed by atoms with Crippen LogP contribution in [-0.4, -0.2) is 36.4 Å². The maximum absolute atomic E-state index is 14.3. The number of ether oxygens (including phenoxy) is 2. The van der Waals surface area contributed by atoms with E-state index in [1.54, 1.807) is 18.9 Å². The fourth-order valence-electron chi connectivity index (χ4n) is 2.80. The number of amides is 1. The summed E-state index contributed by atoms with van der Waals surface area (Å²) in [6.45, 7) is -0.335. The van der Waals surface area contributed by atoms with Crippen LogP contribution < -0.4 is 9.54 Å². The van der Waals surface area contributed by atoms with Crippen LogP contribution in [0.25, 0.3) is 10.2 Å². The van der Waals surface area contributed by atoms with Crippen LogP contribution in [0.15, 0.2) is 46.3 Å². The number of carbonyl (C=O) groups is 2. The van der Waals surface area contributed by atoms with Crippen molar-refractivity contribution in [3.63, 3.8) is 0 Å². The largest absolute Gasteiger partial charge is 0.497 e. The molecule has 1 aromatic heterocycles. The first kappa shape index (κ1) is 23.0. The van der Waals surface area contributed by atoms with Crippen molar-refractivity contribution in [3.8, 4) is 5.75 Å². The third-order valence-corrected chi connectivity index (χ3v) is 6.42. The van der Waals surface area contributed by atoms with E-state index in [-0.39, 0.29) is 28.0 Å². The van der Waals surface area contributed by atoms with E-state index < -0.39 is 23.5 Å². The van der Waals surface area contributed by atoms with E-state index >= 15 is 0 Å². The van der Waals surface area contributed by atoms with E-state index in [9.17, 15) is 18.4 Å². The number of aromatic nitrogens is 1. The first-order chi connectivity index (χ1) is 14.9. The SMILES string of the molecule is COC(=O)Cn1c(=NC(=O)CCCSc2ccc(OC)cc2)sc2cc(F)cc(F)c21. The minimum atomic E-state index is -0.833. The standard InChI is InChI=1S/C21H20F2N2O4S2/c1-28-14-5-7-15(8-6-14)30-9-3-4-18(26)24-21-25(12-19(27)29-2)20-16(23)10-13(22)11-17(20)31-21/h5-8,10-11H,3-4,9,12H2,1-2H3. The number of fused-ring (bicyclic) bond motifs is 1. The van der Waals surface area contributed by atoms with Crippen LogP contribution in [0.1, 0.15) is 12.8 Å². The Bertz CT molecular complexity index is 1160. The molecule has 1 heterocycles. The fourth-order valence-corrected chi connectivity index (χ4v) is 4.74. The van der Waals surface area contributed by atoms with E-state index in [4.69, 9.17) is 4.74 Å². The number of carbonyl (C=O) groups excluding carboxylic acids is 2. The molecule has 0 N–H and O–H groups in total. The van der Waals surface area contributed by atoms with Gasteiger partial charge in [0.25, 0.3) is 0 Å². The minimum Gasteiger partial charge on any atom is -0.497 e. The van der Waals surface area contributed by atoms with Gasteiger partial charge in [0.15, 0.2) is 10.6 Å². The molecule has 0 saturated heterocycles. The Balaban J connectivity index is 1.72. The van der Waals surface area contributed by atoms with Gasteiger partial charge < -0.3 is 14.0 Å². The van der Waals surface area contributed by atoms with Gasteiger partial charge in [-0.2, -0.15) is 4.99 Å². The van der Waals surface area contributed by atoms with Crippen LogP contribution in [-0.2, 0) is 20.9 Å². The topological polar surface area (TPSA) is 69.9 Å². The average Bonchev–Trinajstić information content (AvgIpc) is 3.08. The van der Waals surface area contributed by atoms with Crippen molar-refractivity contribution >= 4 is 45.2 Å². The number of nitrogens with zero attached hydrogens (tertiary/aromatic N) is 2. The van der Waals surface area contributed by atoms with Crippen LogP contribution in [0.5, 0.6) is 5.75 Å². The summed E-state index contributed by atoms with van der Waals surface area (Å²) in [5.41, 5.74) is 0.0124. The molecular formula is C21H20F2N2O4S2. The van der Waals surface area contributed by atoms with Crippen LogP contribution in [0, 0.1) is 11.6 Å². The summed E-state index contributed by atoms with van der Waals surface area (Å²) in [6.07, 6.45) is 0.774. The lowest BCUT2D eigenvalue weighted by molar-refractivity contribution is -0.141. The van der Waals surface area contributed by atoms with Crippen LogP contribution in [0.3, 0.4) is 0 Å². The average molecular weight is 467 g/mol. The summed E-state index contributed by atoms with van der Waals surface area (Å²) in [6, 6.07) is 9.49. The second kappa shape index (κ2) is 10.5. The molecular weight excluding hydrogens is 446 g/mol. The molecule has 0 unspecified atom stereocenters. The molecule has 0 radical (unpaired) electrons. The molecule has 3 aromatic rings. The predicted molar refractivity (Wildman–Crippen MR) is 115 cm³/mol. The third-order valence-electron chi connectivity index (χ3n) is 4.29. The summed E-state index contributed by atoms with van der Waals surface area (Å²) < 4.78 is 39.2. The monoisotopic (exact) mass is 466 g/mol. The predicted octanol–water partition coefficient (Wildman–Crippen LogP) is 4.16. The quantitative estimate of drug-likeness (QED) is 0.283. The summed E-state index contributed by atoms with van der Waals surface area (Å²) in [5, 5.41) is 0. The second-order valence-corrected chi connectivity index (χ2v) is 8.59. The molecule has 0 bridgehead atoms. The molecule has 3 rings (SSSR count). The van der Waals surface area contributed by atoms with Gasteiger partial charge >= 0.3 is 5.97 Å². The fraction of sp³-hybridized carbons (Fsp3) is 0.286. The molecule has 0 aliphatic rings. The molecule has 1 amide bonds. The van der Waals surface area contributed by atoms with E-state index in [2.05, 4.69) is 9.73 Å². The maximum atomic E-state index is 14.3. The Morgan fingerprint density at radius 2 is 1.90 bits per heavy atom. The zero-order valence-electron chi connectivity index (χ0n) is 16.9. The van der Waals surface area contributed by atoms with Crippen molar-refractivity contribution in [3.05, 3.63) is 52.8 Å². The molecule has 0 spiro atoms. The molecule has 0 atom stereocenters. The minimum absolute atomic E-state index is 0.0124. The third kappa shape index (κ3) is 5.92. The van der Waals surface area contributed by atoms with Crippen molar-refractivity contribution in [2.45, 2.75) is 24.3 Å². The number of esters is 1. The maximum Gasteiger partial charge on any atom is 0.325 e. The summed E-state index contributed by atoms with van der Waals surface area (Å²) in [5.74, 6) is -1.13. The van der Waals surface area contributed by atoms with Crippen LogP contribution in [0.4, 0.5) is 8.78 Å². The number of thiazole rings is 1. The Kier molecular flexibility index (Phi) is 7.80. The van der Waals surface area contributed by atoms with Crippen molar-refractivity contribution in [1.82, 2.24) is 4.57 Å². The van der Waals surface area contributed by atoms with Gasteiger partial charge in [0, 0.05) is 17.4 Å². The molecule has 2 aromatic carbocycles. The molecule has 0 aliphatic carbocycles. The number of halogens is 2. The first-order valence-corrected chi connectivity index (χ1v) is 11.1. The molecule has 6 nitrogen and oxygen atoms in total. The van der Waals surface area contributed by atoms with Crippen molar-refractivity contribution in [2.75, 3.05) is 20.0 Å². The number of thioether (sulfide) groups is 1. The van der Waals surface area contributed by atoms with Gasteiger partial charge in [0.2, 0.25) is 5.91 Å². The Labute approximate surface area is 185 Å². The molecule has 164 valence electrons. The van der Waals surface area contributed by atoms with Gasteiger partial charge in [0.1, 0.15) is 18.1 Å². The summed E-state index contributed by atoms with van der Waals surface area (Å²) in [4.78, 5) is 29.3. The highest BCUT2D eigenvalue weighted by molar-refractivity contribution is 7.99. The van der Waals surface area contributed by atoms with Gasteiger partial charge in [-0.25, -0.2) is 8.78 Å².